The molecule has 0 bridgehead atoms. The minimum Gasteiger partial charge on any atom is -0.493 e. The van der Waals surface area contributed by atoms with E-state index in [1.807, 2.05) is 44.2 Å². The molecule has 0 fully saturated rings. The molecular weight excluding hydrogens is 380 g/mol. The number of hydrogen-bond donors (Lipinski definition) is 1. The highest BCUT2D eigenvalue weighted by atomic mass is 79.9. The van der Waals surface area contributed by atoms with Gasteiger partial charge in [0.05, 0.1) is 19.2 Å². The quantitative estimate of drug-likeness (QED) is 0.545. The summed E-state index contributed by atoms with van der Waals surface area (Å²) < 4.78 is 6.63. The molecule has 0 unspecified atom stereocenters. The van der Waals surface area contributed by atoms with Gasteiger partial charge in [0.15, 0.2) is 0 Å². The molecule has 0 saturated heterocycles. The molecule has 1 N–H and O–H groups in total. The first-order valence-electron chi connectivity index (χ1n) is 8.30. The first kappa shape index (κ1) is 19.2. The van der Waals surface area contributed by atoms with E-state index in [0.29, 0.717) is 13.0 Å². The zero-order valence-electron chi connectivity index (χ0n) is 14.8. The van der Waals surface area contributed by atoms with Crippen molar-refractivity contribution in [3.8, 4) is 5.75 Å². The normalized spacial score (nSPS) is 10.9. The van der Waals surface area contributed by atoms with Gasteiger partial charge in [-0.2, -0.15) is 5.10 Å². The van der Waals surface area contributed by atoms with Crippen molar-refractivity contribution in [3.63, 3.8) is 0 Å². The van der Waals surface area contributed by atoms with Crippen LogP contribution in [0.15, 0.2) is 46.0 Å². The Morgan fingerprint density at radius 2 is 2.04 bits per heavy atom. The molecule has 0 aliphatic rings. The van der Waals surface area contributed by atoms with Crippen molar-refractivity contribution in [1.82, 2.24) is 5.43 Å². The van der Waals surface area contributed by atoms with Crippen molar-refractivity contribution in [1.29, 1.82) is 0 Å². The molecular formula is C20H23BrN2O2. The van der Waals surface area contributed by atoms with E-state index < -0.39 is 0 Å². The molecule has 0 saturated carbocycles. The van der Waals surface area contributed by atoms with Gasteiger partial charge in [0.2, 0.25) is 5.91 Å². The van der Waals surface area contributed by atoms with E-state index in [1.165, 1.54) is 5.56 Å². The summed E-state index contributed by atoms with van der Waals surface area (Å²) in [4.78, 5) is 12.1. The summed E-state index contributed by atoms with van der Waals surface area (Å²) in [6, 6.07) is 11.8. The van der Waals surface area contributed by atoms with Crippen molar-refractivity contribution in [2.75, 3.05) is 6.61 Å². The third-order valence-corrected chi connectivity index (χ3v) is 4.17. The molecule has 0 aliphatic heterocycles. The maximum absolute atomic E-state index is 12.1. The van der Waals surface area contributed by atoms with Gasteiger partial charge in [-0.15, -0.1) is 0 Å². The topological polar surface area (TPSA) is 50.7 Å². The number of hydrazone groups is 1. The molecule has 0 aromatic heterocycles. The Morgan fingerprint density at radius 1 is 1.24 bits per heavy atom. The maximum atomic E-state index is 12.1. The molecule has 1 amide bonds. The molecule has 0 heterocycles. The number of amides is 1. The zero-order valence-corrected chi connectivity index (χ0v) is 16.4. The number of hydrogen-bond acceptors (Lipinski definition) is 3. The van der Waals surface area contributed by atoms with Crippen molar-refractivity contribution in [2.45, 2.75) is 33.6 Å². The number of carbonyl (C=O) groups excluding carboxylic acids is 1. The molecule has 2 aromatic rings. The van der Waals surface area contributed by atoms with E-state index in [-0.39, 0.29) is 5.91 Å². The van der Waals surface area contributed by atoms with Crippen molar-refractivity contribution in [3.05, 3.63) is 63.1 Å². The lowest BCUT2D eigenvalue weighted by Crippen LogP contribution is -2.20. The summed E-state index contributed by atoms with van der Waals surface area (Å²) >= 11 is 3.44. The van der Waals surface area contributed by atoms with Gasteiger partial charge in [0.1, 0.15) is 5.75 Å². The van der Waals surface area contributed by atoms with Crippen molar-refractivity contribution < 1.29 is 9.53 Å². The van der Waals surface area contributed by atoms with Crippen LogP contribution in [0.1, 0.15) is 35.6 Å². The molecule has 132 valence electrons. The number of aryl methyl sites for hydroxylation is 2. The standard InChI is InChI=1S/C20H23BrN2O2/c1-4-9-25-19-8-7-18(21)11-17(19)13-22-23-20(24)12-16-6-5-14(2)10-15(16)3/h5-8,10-11,13H,4,9,12H2,1-3H3,(H,23,24)/b22-13-. The van der Waals surface area contributed by atoms with Gasteiger partial charge >= 0.3 is 0 Å². The van der Waals surface area contributed by atoms with Crippen LogP contribution in [-0.2, 0) is 11.2 Å². The molecule has 2 rings (SSSR count). The van der Waals surface area contributed by atoms with Crippen LogP contribution in [0.25, 0.3) is 0 Å². The van der Waals surface area contributed by atoms with Gasteiger partial charge in [0, 0.05) is 10.0 Å². The molecule has 0 spiro atoms. The smallest absolute Gasteiger partial charge is 0.244 e. The van der Waals surface area contributed by atoms with Gasteiger partial charge in [0.25, 0.3) is 0 Å². The van der Waals surface area contributed by atoms with E-state index in [0.717, 1.165) is 33.3 Å². The summed E-state index contributed by atoms with van der Waals surface area (Å²) in [6.45, 7) is 6.75. The molecule has 2 aromatic carbocycles. The predicted octanol–water partition coefficient (Wildman–Crippen LogP) is 4.55. The highest BCUT2D eigenvalue weighted by Gasteiger charge is 2.06. The van der Waals surface area contributed by atoms with Crippen LogP contribution in [0.2, 0.25) is 0 Å². The van der Waals surface area contributed by atoms with Crippen LogP contribution in [0.3, 0.4) is 0 Å². The van der Waals surface area contributed by atoms with Crippen LogP contribution in [-0.4, -0.2) is 18.7 Å². The molecule has 4 nitrogen and oxygen atoms in total. The number of nitrogens with one attached hydrogen (secondary N) is 1. The Hall–Kier alpha value is -2.14. The second-order valence-corrected chi connectivity index (χ2v) is 6.85. The number of halogens is 1. The number of ether oxygens (including phenoxy) is 1. The monoisotopic (exact) mass is 402 g/mol. The second kappa shape index (κ2) is 9.37. The van der Waals surface area contributed by atoms with Crippen molar-refractivity contribution in [2.24, 2.45) is 5.10 Å². The van der Waals surface area contributed by atoms with Crippen molar-refractivity contribution >= 4 is 28.1 Å². The van der Waals surface area contributed by atoms with Crippen LogP contribution >= 0.6 is 15.9 Å². The number of benzene rings is 2. The lowest BCUT2D eigenvalue weighted by Gasteiger charge is -2.08. The van der Waals surface area contributed by atoms with Gasteiger partial charge in [-0.1, -0.05) is 46.6 Å². The Labute approximate surface area is 157 Å². The molecule has 0 radical (unpaired) electrons. The van der Waals surface area contributed by atoms with E-state index in [4.69, 9.17) is 4.74 Å². The maximum Gasteiger partial charge on any atom is 0.244 e. The predicted molar refractivity (Wildman–Crippen MR) is 105 cm³/mol. The summed E-state index contributed by atoms with van der Waals surface area (Å²) in [7, 11) is 0. The summed E-state index contributed by atoms with van der Waals surface area (Å²) in [5, 5.41) is 4.07. The van der Waals surface area contributed by atoms with Gasteiger partial charge in [-0.3, -0.25) is 4.79 Å². The first-order chi connectivity index (χ1) is 12.0. The van der Waals surface area contributed by atoms with Crippen LogP contribution in [0, 0.1) is 13.8 Å². The molecule has 0 atom stereocenters. The summed E-state index contributed by atoms with van der Waals surface area (Å²) in [5.74, 6) is 0.603. The Kier molecular flexibility index (Phi) is 7.19. The zero-order chi connectivity index (χ0) is 18.2. The van der Waals surface area contributed by atoms with E-state index in [2.05, 4.69) is 39.4 Å². The van der Waals surface area contributed by atoms with Gasteiger partial charge in [-0.25, -0.2) is 5.43 Å². The minimum atomic E-state index is -0.144. The van der Waals surface area contributed by atoms with E-state index in [9.17, 15) is 4.79 Å². The highest BCUT2D eigenvalue weighted by Crippen LogP contribution is 2.22. The third kappa shape index (κ3) is 6.02. The lowest BCUT2D eigenvalue weighted by atomic mass is 10.0. The lowest BCUT2D eigenvalue weighted by molar-refractivity contribution is -0.120. The number of nitrogens with zero attached hydrogens (tertiary/aromatic N) is 1. The number of rotatable bonds is 7. The average Bonchev–Trinajstić information content (AvgIpc) is 2.57. The third-order valence-electron chi connectivity index (χ3n) is 3.68. The fourth-order valence-electron chi connectivity index (χ4n) is 2.39. The number of carbonyl (C=O) groups is 1. The highest BCUT2D eigenvalue weighted by molar-refractivity contribution is 9.10. The van der Waals surface area contributed by atoms with Gasteiger partial charge < -0.3 is 4.74 Å². The first-order valence-corrected chi connectivity index (χ1v) is 9.09. The van der Waals surface area contributed by atoms with E-state index in [1.54, 1.807) is 6.21 Å². The van der Waals surface area contributed by atoms with Crippen LogP contribution in [0.5, 0.6) is 5.75 Å². The summed E-state index contributed by atoms with van der Waals surface area (Å²) in [6.07, 6.45) is 2.84. The van der Waals surface area contributed by atoms with Gasteiger partial charge in [-0.05, 0) is 49.6 Å². The SMILES string of the molecule is CCCOc1ccc(Br)cc1/C=N\NC(=O)Cc1ccc(C)cc1C. The van der Waals surface area contributed by atoms with E-state index >= 15 is 0 Å². The fraction of sp³-hybridized carbons (Fsp3) is 0.300. The molecule has 0 aliphatic carbocycles. The fourth-order valence-corrected chi connectivity index (χ4v) is 2.77. The molecule has 5 heteroatoms. The Morgan fingerprint density at radius 3 is 2.76 bits per heavy atom. The summed E-state index contributed by atoms with van der Waals surface area (Å²) in [5.41, 5.74) is 6.71. The Balaban J connectivity index is 2.00. The van der Waals surface area contributed by atoms with Crippen LogP contribution < -0.4 is 10.2 Å². The molecule has 25 heavy (non-hydrogen) atoms. The average molecular weight is 403 g/mol. The minimum absolute atomic E-state index is 0.144. The largest absolute Gasteiger partial charge is 0.493 e. The Bertz CT molecular complexity index is 772. The van der Waals surface area contributed by atoms with Crippen LogP contribution in [0.4, 0.5) is 0 Å². The second-order valence-electron chi connectivity index (χ2n) is 5.93.